The SMILES string of the molecule is [C-]#[N+]C[C@H]1CN(c2nc(O[C@@H](C)CN(C)C3CN(C)C3)nc3c2CCN(c2cncc4cccc(Cl)c24)C3)CCN1C(=O)C(=C)F. The summed E-state index contributed by atoms with van der Waals surface area (Å²) in [5.41, 5.74) is 2.78. The molecule has 5 heterocycles. The molecule has 2 fully saturated rings. The van der Waals surface area contributed by atoms with E-state index in [4.69, 9.17) is 32.9 Å². The molecule has 3 aliphatic rings. The molecule has 11 nitrogen and oxygen atoms in total. The van der Waals surface area contributed by atoms with Crippen molar-refractivity contribution in [1.29, 1.82) is 0 Å². The quantitative estimate of drug-likeness (QED) is 0.255. The van der Waals surface area contributed by atoms with Crippen LogP contribution in [0.3, 0.4) is 0 Å². The van der Waals surface area contributed by atoms with Gasteiger partial charge in [-0.2, -0.15) is 9.97 Å². The summed E-state index contributed by atoms with van der Waals surface area (Å²) in [6, 6.07) is 6.09. The smallest absolute Gasteiger partial charge is 0.318 e. The van der Waals surface area contributed by atoms with Gasteiger partial charge in [0.05, 0.1) is 29.1 Å². The van der Waals surface area contributed by atoms with Crippen molar-refractivity contribution >= 4 is 39.8 Å². The Hall–Kier alpha value is -4.05. The molecule has 2 aromatic heterocycles. The third-order valence-corrected chi connectivity index (χ3v) is 9.49. The van der Waals surface area contributed by atoms with Crippen molar-refractivity contribution in [2.75, 3.05) is 76.3 Å². The predicted molar refractivity (Wildman–Crippen MR) is 177 cm³/mol. The summed E-state index contributed by atoms with van der Waals surface area (Å²) in [7, 11) is 4.23. The molecular formula is C33H39ClFN9O2. The monoisotopic (exact) mass is 647 g/mol. The van der Waals surface area contributed by atoms with Crippen molar-refractivity contribution in [1.82, 2.24) is 29.7 Å². The molecule has 0 N–H and O–H groups in total. The molecule has 0 bridgehead atoms. The first-order valence-electron chi connectivity index (χ1n) is 15.6. The average molecular weight is 648 g/mol. The molecule has 0 aliphatic carbocycles. The maximum atomic E-state index is 13.9. The molecule has 46 heavy (non-hydrogen) atoms. The summed E-state index contributed by atoms with van der Waals surface area (Å²) in [6.07, 6.45) is 4.16. The number of amides is 1. The highest BCUT2D eigenvalue weighted by Crippen LogP contribution is 2.37. The lowest BCUT2D eigenvalue weighted by molar-refractivity contribution is -0.131. The van der Waals surface area contributed by atoms with E-state index in [0.29, 0.717) is 43.7 Å². The fourth-order valence-corrected chi connectivity index (χ4v) is 7.05. The number of carbonyl (C=O) groups excluding carboxylic acids is 1. The van der Waals surface area contributed by atoms with Crippen LogP contribution in [0, 0.1) is 6.57 Å². The van der Waals surface area contributed by atoms with Gasteiger partial charge in [0.25, 0.3) is 5.91 Å². The van der Waals surface area contributed by atoms with Gasteiger partial charge in [0, 0.05) is 74.4 Å². The molecule has 3 aromatic rings. The molecule has 0 radical (unpaired) electrons. The Kier molecular flexibility index (Phi) is 9.27. The van der Waals surface area contributed by atoms with Gasteiger partial charge in [0.15, 0.2) is 5.83 Å². The van der Waals surface area contributed by atoms with Gasteiger partial charge in [-0.05, 0) is 33.5 Å². The van der Waals surface area contributed by atoms with Gasteiger partial charge < -0.3 is 29.2 Å². The number of piperazine rings is 1. The van der Waals surface area contributed by atoms with Crippen molar-refractivity contribution < 1.29 is 13.9 Å². The molecule has 1 amide bonds. The van der Waals surface area contributed by atoms with Crippen molar-refractivity contribution in [3.05, 3.63) is 70.7 Å². The lowest BCUT2D eigenvalue weighted by Crippen LogP contribution is -2.57. The third kappa shape index (κ3) is 6.45. The number of rotatable bonds is 9. The van der Waals surface area contributed by atoms with Gasteiger partial charge in [-0.15, -0.1) is 0 Å². The Balaban J connectivity index is 1.32. The molecule has 0 unspecified atom stereocenters. The van der Waals surface area contributed by atoms with E-state index in [1.807, 2.05) is 37.5 Å². The second-order valence-electron chi connectivity index (χ2n) is 12.5. The predicted octanol–water partition coefficient (Wildman–Crippen LogP) is 3.67. The second kappa shape index (κ2) is 13.4. The number of pyridine rings is 1. The van der Waals surface area contributed by atoms with Crippen LogP contribution in [0.15, 0.2) is 43.0 Å². The Labute approximate surface area is 274 Å². The van der Waals surface area contributed by atoms with Crippen LogP contribution in [0.5, 0.6) is 6.01 Å². The summed E-state index contributed by atoms with van der Waals surface area (Å²) in [5.74, 6) is -1.05. The van der Waals surface area contributed by atoms with E-state index in [-0.39, 0.29) is 25.2 Å². The van der Waals surface area contributed by atoms with Crippen LogP contribution < -0.4 is 14.5 Å². The third-order valence-electron chi connectivity index (χ3n) is 9.17. The van der Waals surface area contributed by atoms with Crippen molar-refractivity contribution in [2.24, 2.45) is 0 Å². The number of anilines is 2. The van der Waals surface area contributed by atoms with Crippen molar-refractivity contribution in [2.45, 2.75) is 38.1 Å². The number of nitrogens with zero attached hydrogens (tertiary/aromatic N) is 9. The zero-order valence-electron chi connectivity index (χ0n) is 26.5. The zero-order valence-corrected chi connectivity index (χ0v) is 27.3. The highest BCUT2D eigenvalue weighted by Gasteiger charge is 2.36. The average Bonchev–Trinajstić information content (AvgIpc) is 3.02. The van der Waals surface area contributed by atoms with Crippen molar-refractivity contribution in [3.8, 4) is 6.01 Å². The number of halogens is 2. The van der Waals surface area contributed by atoms with E-state index in [1.165, 1.54) is 4.90 Å². The molecule has 3 aliphatic heterocycles. The molecule has 0 saturated carbocycles. The number of aromatic nitrogens is 3. The van der Waals surface area contributed by atoms with Crippen LogP contribution in [0.4, 0.5) is 15.9 Å². The number of benzene rings is 1. The van der Waals surface area contributed by atoms with Crippen LogP contribution in [0.25, 0.3) is 15.6 Å². The lowest BCUT2D eigenvalue weighted by Gasteiger charge is -2.42. The largest absolute Gasteiger partial charge is 0.459 e. The second-order valence-corrected chi connectivity index (χ2v) is 12.9. The highest BCUT2D eigenvalue weighted by atomic mass is 35.5. The van der Waals surface area contributed by atoms with Gasteiger partial charge >= 0.3 is 6.01 Å². The van der Waals surface area contributed by atoms with E-state index in [0.717, 1.165) is 53.2 Å². The minimum absolute atomic E-state index is 0.0501. The van der Waals surface area contributed by atoms with Gasteiger partial charge in [-0.3, -0.25) is 14.7 Å². The van der Waals surface area contributed by atoms with Crippen LogP contribution in [0.1, 0.15) is 18.2 Å². The van der Waals surface area contributed by atoms with E-state index < -0.39 is 17.8 Å². The summed E-state index contributed by atoms with van der Waals surface area (Å²) in [6.45, 7) is 17.7. The highest BCUT2D eigenvalue weighted by molar-refractivity contribution is 6.36. The standard InChI is InChI=1S/C33H39ClFN9O2/c1-21(16-41(5)25-17-40(4)18-25)46-33-38-28-20-42(29-15-37-13-23-7-6-8-27(34)30(23)29)10-9-26(28)31(39-33)43-11-12-44(32(45)22(2)35)24(19-43)14-36-3/h6-8,13,15,21,24-25H,2,9-12,14,16-20H2,1,4-5H3/t21-,24-/m0/s1. The van der Waals surface area contributed by atoms with Gasteiger partial charge in [-0.1, -0.05) is 30.3 Å². The molecule has 13 heteroatoms. The number of ether oxygens (including phenoxy) is 1. The first-order chi connectivity index (χ1) is 22.1. The van der Waals surface area contributed by atoms with E-state index >= 15 is 0 Å². The molecule has 2 atom stereocenters. The number of fused-ring (bicyclic) bond motifs is 2. The number of likely N-dealkylation sites (N-methyl/N-ethyl adjacent to an activating group) is 2. The van der Waals surface area contributed by atoms with Crippen LogP contribution in [-0.2, 0) is 17.8 Å². The van der Waals surface area contributed by atoms with Crippen molar-refractivity contribution in [3.63, 3.8) is 0 Å². The van der Waals surface area contributed by atoms with E-state index in [1.54, 1.807) is 0 Å². The fraction of sp³-hybridized carbons (Fsp3) is 0.485. The summed E-state index contributed by atoms with van der Waals surface area (Å²) in [5, 5.41) is 2.58. The fourth-order valence-electron chi connectivity index (χ4n) is 6.77. The van der Waals surface area contributed by atoms with Gasteiger partial charge in [0.1, 0.15) is 18.0 Å². The Morgan fingerprint density at radius 2 is 2.02 bits per heavy atom. The Morgan fingerprint density at radius 1 is 1.22 bits per heavy atom. The number of hydrogen-bond donors (Lipinski definition) is 0. The molecule has 1 aromatic carbocycles. The van der Waals surface area contributed by atoms with Gasteiger partial charge in [0.2, 0.25) is 6.54 Å². The zero-order chi connectivity index (χ0) is 32.5. The van der Waals surface area contributed by atoms with E-state index in [9.17, 15) is 9.18 Å². The van der Waals surface area contributed by atoms with Crippen LogP contribution >= 0.6 is 11.6 Å². The molecule has 242 valence electrons. The summed E-state index contributed by atoms with van der Waals surface area (Å²) < 4.78 is 20.3. The van der Waals surface area contributed by atoms with Crippen LogP contribution in [0.2, 0.25) is 5.02 Å². The lowest BCUT2D eigenvalue weighted by atomic mass is 10.0. The molecule has 2 saturated heterocycles. The topological polar surface area (TPSA) is 85.5 Å². The summed E-state index contributed by atoms with van der Waals surface area (Å²) >= 11 is 6.68. The van der Waals surface area contributed by atoms with E-state index in [2.05, 4.69) is 50.1 Å². The maximum absolute atomic E-state index is 13.9. The number of hydrogen-bond acceptors (Lipinski definition) is 9. The first kappa shape index (κ1) is 31.9. The molecular weight excluding hydrogens is 609 g/mol. The minimum atomic E-state index is -1.02. The number of likely N-dealkylation sites (tertiary alicyclic amines) is 1. The minimum Gasteiger partial charge on any atom is -0.459 e. The Morgan fingerprint density at radius 3 is 2.76 bits per heavy atom. The maximum Gasteiger partial charge on any atom is 0.318 e. The normalized spacial score (nSPS) is 19.5. The molecule has 0 spiro atoms. The first-order valence-corrected chi connectivity index (χ1v) is 16.0. The summed E-state index contributed by atoms with van der Waals surface area (Å²) in [4.78, 5) is 40.8. The number of carbonyl (C=O) groups is 1. The Bertz CT molecular complexity index is 1670. The molecule has 6 rings (SSSR count). The van der Waals surface area contributed by atoms with Gasteiger partial charge in [-0.25, -0.2) is 11.0 Å². The van der Waals surface area contributed by atoms with Crippen LogP contribution in [-0.4, -0.2) is 120 Å².